The van der Waals surface area contributed by atoms with Crippen LogP contribution in [0.25, 0.3) is 0 Å². The van der Waals surface area contributed by atoms with Gasteiger partial charge in [-0.2, -0.15) is 0 Å². The summed E-state index contributed by atoms with van der Waals surface area (Å²) in [6.07, 6.45) is 3.93. The second-order valence-corrected chi connectivity index (χ2v) is 6.81. The molecule has 0 unspecified atom stereocenters. The van der Waals surface area contributed by atoms with Crippen LogP contribution in [0, 0.1) is 0 Å². The summed E-state index contributed by atoms with van der Waals surface area (Å²) in [6, 6.07) is 0. The van der Waals surface area contributed by atoms with Crippen molar-refractivity contribution in [2.45, 2.75) is 44.9 Å². The third-order valence-electron chi connectivity index (χ3n) is 2.10. The van der Waals surface area contributed by atoms with E-state index < -0.39 is 20.9 Å². The van der Waals surface area contributed by atoms with Gasteiger partial charge in [0.05, 0.1) is 5.41 Å². The molecule has 0 atom stereocenters. The Morgan fingerprint density at radius 1 is 0.944 bits per heavy atom. The summed E-state index contributed by atoms with van der Waals surface area (Å²) in [5, 5.41) is -1.31. The van der Waals surface area contributed by atoms with Crippen LogP contribution in [0.1, 0.15) is 44.9 Å². The molecule has 0 bridgehead atoms. The molecule has 0 aliphatic rings. The van der Waals surface area contributed by atoms with Crippen LogP contribution in [0.5, 0.6) is 0 Å². The molecule has 0 heterocycles. The van der Waals surface area contributed by atoms with Crippen molar-refractivity contribution in [3.05, 3.63) is 11.5 Å². The minimum atomic E-state index is -9.37. The maximum atomic E-state index is 11.8. The van der Waals surface area contributed by atoms with Gasteiger partial charge in [-0.1, -0.05) is 44.8 Å². The molecule has 1 nitrogen and oxygen atoms in total. The topological polar surface area (TPSA) is 17.1 Å². The third kappa shape index (κ3) is 15.7. The van der Waals surface area contributed by atoms with Gasteiger partial charge in [0, 0.05) is 6.42 Å². The van der Waals surface area contributed by atoms with Gasteiger partial charge >= 0.3 is 10.2 Å². The van der Waals surface area contributed by atoms with E-state index in [4.69, 9.17) is 11.6 Å². The number of rotatable bonds is 9. The van der Waals surface area contributed by atoms with Gasteiger partial charge in [-0.25, -0.2) is 0 Å². The molecule has 0 radical (unpaired) electrons. The molecule has 0 rings (SSSR count). The van der Waals surface area contributed by atoms with Crippen LogP contribution >= 0.6 is 21.8 Å². The van der Waals surface area contributed by atoms with Crippen molar-refractivity contribution in [3.8, 4) is 0 Å². The Balaban J connectivity index is 3.59. The molecule has 0 N–H and O–H groups in total. The molecule has 0 aromatic heterocycles. The van der Waals surface area contributed by atoms with E-state index in [0.717, 1.165) is 12.8 Å². The Hall–Kier alpha value is -0.300. The molecule has 8 heteroatoms. The van der Waals surface area contributed by atoms with Gasteiger partial charge in [0.15, 0.2) is 0 Å². The minimum absolute atomic E-state index is 0.0277. The van der Waals surface area contributed by atoms with Crippen molar-refractivity contribution in [3.63, 3.8) is 0 Å². The van der Waals surface area contributed by atoms with Crippen LogP contribution < -0.4 is 0 Å². The van der Waals surface area contributed by atoms with Gasteiger partial charge in [0.1, 0.15) is 0 Å². The van der Waals surface area contributed by atoms with Crippen LogP contribution in [0.3, 0.4) is 0 Å². The molecule has 110 valence electrons. The van der Waals surface area contributed by atoms with E-state index >= 15 is 0 Å². The van der Waals surface area contributed by atoms with Gasteiger partial charge in [-0.15, -0.1) is 0 Å². The largest absolute Gasteiger partial charge is 0.304 e. The predicted octanol–water partition coefficient (Wildman–Crippen LogP) is 6.29. The summed E-state index contributed by atoms with van der Waals surface area (Å²) < 4.78 is 59.2. The quantitative estimate of drug-likeness (QED) is 0.277. The van der Waals surface area contributed by atoms with Gasteiger partial charge in [-0.3, -0.25) is 4.79 Å². The van der Waals surface area contributed by atoms with E-state index in [2.05, 4.69) is 0 Å². The van der Waals surface area contributed by atoms with Gasteiger partial charge in [0.25, 0.3) is 0 Å². The summed E-state index contributed by atoms with van der Waals surface area (Å²) in [5.74, 6) is 0. The number of carbonyl (C=O) groups excluding carboxylic acids is 1. The Kier molecular flexibility index (Phi) is 5.68. The second kappa shape index (κ2) is 5.77. The van der Waals surface area contributed by atoms with Crippen molar-refractivity contribution in [2.24, 2.45) is 0 Å². The Morgan fingerprint density at radius 2 is 1.44 bits per heavy atom. The third-order valence-corrected chi connectivity index (χ3v) is 2.99. The molecule has 0 saturated carbocycles. The van der Waals surface area contributed by atoms with Gasteiger partial charge < -0.3 is 0 Å². The molecule has 0 saturated heterocycles. The average Bonchev–Trinajstić information content (AvgIpc) is 2.11. The first-order valence-corrected chi connectivity index (χ1v) is 7.89. The van der Waals surface area contributed by atoms with Crippen molar-refractivity contribution in [1.82, 2.24) is 0 Å². The summed E-state index contributed by atoms with van der Waals surface area (Å²) in [4.78, 5) is 10.4. The number of halogens is 6. The van der Waals surface area contributed by atoms with Crippen molar-refractivity contribution in [2.75, 3.05) is 0 Å². The van der Waals surface area contributed by atoms with E-state index in [9.17, 15) is 24.2 Å². The highest BCUT2D eigenvalue weighted by molar-refractivity contribution is 8.48. The molecular formula is C10H16ClF5OS. The molecule has 0 aliphatic carbocycles. The van der Waals surface area contributed by atoms with Crippen LogP contribution in [-0.2, 0) is 4.79 Å². The predicted molar refractivity (Wildman–Crippen MR) is 65.5 cm³/mol. The van der Waals surface area contributed by atoms with Crippen LogP contribution in [0.2, 0.25) is 0 Å². The van der Waals surface area contributed by atoms with Crippen molar-refractivity contribution < 1.29 is 24.2 Å². The summed E-state index contributed by atoms with van der Waals surface area (Å²) in [5.41, 5.74) is 0. The zero-order valence-electron chi connectivity index (χ0n) is 9.69. The highest BCUT2D eigenvalue weighted by Crippen LogP contribution is 2.98. The van der Waals surface area contributed by atoms with Crippen molar-refractivity contribution in [1.29, 1.82) is 0 Å². The fourth-order valence-electron chi connectivity index (χ4n) is 1.31. The maximum Gasteiger partial charge on any atom is 0.304 e. The maximum absolute atomic E-state index is 11.8. The van der Waals surface area contributed by atoms with E-state index in [1.165, 1.54) is 0 Å². The summed E-state index contributed by atoms with van der Waals surface area (Å²) in [7, 11) is -9.37. The highest BCUT2D eigenvalue weighted by Gasteiger charge is 2.60. The number of hydrogen-bond donors (Lipinski definition) is 0. The zero-order valence-corrected chi connectivity index (χ0v) is 11.3. The van der Waals surface area contributed by atoms with Crippen LogP contribution in [0.4, 0.5) is 19.4 Å². The molecule has 0 amide bonds. The van der Waals surface area contributed by atoms with E-state index in [0.29, 0.717) is 25.3 Å². The zero-order chi connectivity index (χ0) is 14.3. The summed E-state index contributed by atoms with van der Waals surface area (Å²) in [6.45, 7) is 0. The Morgan fingerprint density at radius 3 is 1.94 bits per heavy atom. The van der Waals surface area contributed by atoms with E-state index in [1.807, 2.05) is 0 Å². The summed E-state index contributed by atoms with van der Waals surface area (Å²) >= 11 is 5.11. The van der Waals surface area contributed by atoms with E-state index in [-0.39, 0.29) is 12.8 Å². The number of hydrogen-bond acceptors (Lipinski definition) is 1. The van der Waals surface area contributed by atoms with Crippen molar-refractivity contribution >= 4 is 27.1 Å². The van der Waals surface area contributed by atoms with Gasteiger partial charge in [0.2, 0.25) is 5.24 Å². The lowest BCUT2D eigenvalue weighted by atomic mass is 10.1. The Labute approximate surface area is 108 Å². The van der Waals surface area contributed by atoms with E-state index in [1.54, 1.807) is 0 Å². The number of carbonyl (C=O) groups is 1. The molecule has 0 fully saturated rings. The van der Waals surface area contributed by atoms with Crippen LogP contribution in [-0.4, -0.2) is 5.24 Å². The minimum Gasteiger partial charge on any atom is -0.281 e. The normalized spacial score (nSPS) is 16.6. The lowest BCUT2D eigenvalue weighted by Crippen LogP contribution is -1.98. The SMILES string of the molecule is O=C(Cl)CCCCCCC/C=C/S(F)(F)(F)(F)F. The second-order valence-electron chi connectivity index (χ2n) is 4.06. The fourth-order valence-corrected chi connectivity index (χ4v) is 1.94. The van der Waals surface area contributed by atoms with Crippen LogP contribution in [0.15, 0.2) is 11.5 Å². The molecule has 18 heavy (non-hydrogen) atoms. The lowest BCUT2D eigenvalue weighted by Gasteiger charge is -2.36. The first-order valence-electron chi connectivity index (χ1n) is 5.50. The number of allylic oxidation sites excluding steroid dienone is 1. The van der Waals surface area contributed by atoms with Gasteiger partial charge in [-0.05, 0) is 30.9 Å². The standard InChI is InChI=1S/C10H16ClF5OS/c11-10(17)8-6-4-2-1-3-5-7-9-18(12,13,14,15)16/h7,9H,1-6,8H2/b9-7+. The molecule has 0 aromatic rings. The molecule has 0 aromatic carbocycles. The highest BCUT2D eigenvalue weighted by atomic mass is 35.5. The number of unbranched alkanes of at least 4 members (excludes halogenated alkanes) is 5. The fraction of sp³-hybridized carbons (Fsp3) is 0.700. The smallest absolute Gasteiger partial charge is 0.281 e. The lowest BCUT2D eigenvalue weighted by molar-refractivity contribution is -0.111. The molecule has 0 spiro atoms. The Bertz CT molecular complexity index is 310. The first-order chi connectivity index (χ1) is 7.89. The average molecular weight is 315 g/mol. The molecule has 0 aliphatic heterocycles. The molecular weight excluding hydrogens is 299 g/mol. The first kappa shape index (κ1) is 17.7. The monoisotopic (exact) mass is 314 g/mol.